The van der Waals surface area contributed by atoms with Crippen LogP contribution in [0, 0.1) is 0 Å². The summed E-state index contributed by atoms with van der Waals surface area (Å²) in [5.74, 6) is 0.637. The zero-order valence-electron chi connectivity index (χ0n) is 23.3. The van der Waals surface area contributed by atoms with Gasteiger partial charge in [-0.3, -0.25) is 15.0 Å². The summed E-state index contributed by atoms with van der Waals surface area (Å²) in [5.41, 5.74) is 3.38. The van der Waals surface area contributed by atoms with E-state index in [1.54, 1.807) is 30.3 Å². The molecule has 214 valence electrons. The molecule has 11 heteroatoms. The number of benzene rings is 2. The van der Waals surface area contributed by atoms with Crippen molar-refractivity contribution in [3.8, 4) is 22.2 Å². The van der Waals surface area contributed by atoms with Gasteiger partial charge in [0, 0.05) is 48.0 Å². The van der Waals surface area contributed by atoms with Gasteiger partial charge in [-0.1, -0.05) is 11.3 Å². The molecule has 1 aliphatic rings. The van der Waals surface area contributed by atoms with Crippen molar-refractivity contribution in [2.75, 3.05) is 30.8 Å². The maximum Gasteiger partial charge on any atom is 0.319 e. The zero-order chi connectivity index (χ0) is 28.8. The molecule has 0 bridgehead atoms. The number of carbonyl (C=O) groups is 2. The number of thiazole rings is 1. The van der Waals surface area contributed by atoms with Crippen LogP contribution >= 0.6 is 11.3 Å². The van der Waals surface area contributed by atoms with E-state index in [-0.39, 0.29) is 18.0 Å². The topological polar surface area (TPSA) is 110 Å². The lowest BCUT2D eigenvalue weighted by Crippen LogP contribution is -2.34. The van der Waals surface area contributed by atoms with Gasteiger partial charge in [-0.05, 0) is 87.8 Å². The summed E-state index contributed by atoms with van der Waals surface area (Å²) >= 11 is 1.20. The highest BCUT2D eigenvalue weighted by Gasteiger charge is 2.15. The second-order valence-electron chi connectivity index (χ2n) is 10.1. The van der Waals surface area contributed by atoms with E-state index >= 15 is 0 Å². The first-order chi connectivity index (χ1) is 19.9. The number of methoxy groups -OCH3 is 1. The van der Waals surface area contributed by atoms with Gasteiger partial charge >= 0.3 is 6.03 Å². The Morgan fingerprint density at radius 1 is 1.02 bits per heavy atom. The van der Waals surface area contributed by atoms with Crippen LogP contribution in [0.1, 0.15) is 42.6 Å². The maximum atomic E-state index is 12.9. The van der Waals surface area contributed by atoms with E-state index in [0.29, 0.717) is 32.9 Å². The summed E-state index contributed by atoms with van der Waals surface area (Å²) in [4.78, 5) is 31.6. The fourth-order valence-corrected chi connectivity index (χ4v) is 5.26. The van der Waals surface area contributed by atoms with Gasteiger partial charge in [-0.2, -0.15) is 0 Å². The maximum absolute atomic E-state index is 12.9. The number of ether oxygens (including phenoxy) is 2. The lowest BCUT2D eigenvalue weighted by molar-refractivity contribution is 0.102. The van der Waals surface area contributed by atoms with Crippen LogP contribution in [-0.4, -0.2) is 52.6 Å². The molecule has 3 N–H and O–H groups in total. The molecule has 0 unspecified atom stereocenters. The predicted molar refractivity (Wildman–Crippen MR) is 161 cm³/mol. The van der Waals surface area contributed by atoms with E-state index in [1.807, 2.05) is 26.0 Å². The highest BCUT2D eigenvalue weighted by molar-refractivity contribution is 7.17. The Morgan fingerprint density at radius 3 is 2.54 bits per heavy atom. The minimum Gasteiger partial charge on any atom is -0.493 e. The Balaban J connectivity index is 1.17. The van der Waals surface area contributed by atoms with Crippen molar-refractivity contribution in [2.24, 2.45) is 0 Å². The van der Waals surface area contributed by atoms with Crippen molar-refractivity contribution in [1.82, 2.24) is 19.8 Å². The third kappa shape index (κ3) is 7.44. The zero-order valence-corrected chi connectivity index (χ0v) is 24.2. The summed E-state index contributed by atoms with van der Waals surface area (Å²) in [6, 6.07) is 14.4. The van der Waals surface area contributed by atoms with Gasteiger partial charge in [0.05, 0.1) is 13.3 Å². The highest BCUT2D eigenvalue weighted by atomic mass is 32.1. The van der Waals surface area contributed by atoms with Gasteiger partial charge in [-0.25, -0.2) is 9.78 Å². The van der Waals surface area contributed by atoms with Crippen LogP contribution < -0.4 is 25.4 Å². The number of likely N-dealkylation sites (tertiary alicyclic amines) is 1. The Morgan fingerprint density at radius 2 is 1.80 bits per heavy atom. The molecule has 0 saturated carbocycles. The van der Waals surface area contributed by atoms with Crippen LogP contribution in [0.2, 0.25) is 0 Å². The van der Waals surface area contributed by atoms with Crippen LogP contribution in [0.4, 0.5) is 15.6 Å². The molecule has 1 aliphatic heterocycles. The molecule has 4 aromatic rings. The van der Waals surface area contributed by atoms with Crippen LogP contribution in [0.5, 0.6) is 16.6 Å². The van der Waals surface area contributed by atoms with E-state index < -0.39 is 0 Å². The fourth-order valence-electron chi connectivity index (χ4n) is 4.58. The SMILES string of the molecule is COc1cc(NC(=O)NC(C)C)ccc1Oc1cnc(NC(=O)c2ccc(-n3ccc(CN4CCCC4)c3)cc2)s1. The average Bonchev–Trinajstić information content (AvgIpc) is 3.73. The Hall–Kier alpha value is -4.35. The van der Waals surface area contributed by atoms with E-state index in [2.05, 4.69) is 48.9 Å². The van der Waals surface area contributed by atoms with Crippen LogP contribution in [0.3, 0.4) is 0 Å². The number of amides is 3. The summed E-state index contributed by atoms with van der Waals surface area (Å²) in [7, 11) is 1.52. The molecular formula is C30H34N6O4S. The number of nitrogens with one attached hydrogen (secondary N) is 3. The van der Waals surface area contributed by atoms with Gasteiger partial charge < -0.3 is 24.7 Å². The number of urea groups is 1. The number of aromatic nitrogens is 2. The molecule has 41 heavy (non-hydrogen) atoms. The number of nitrogens with zero attached hydrogens (tertiary/aromatic N) is 3. The van der Waals surface area contributed by atoms with Crippen molar-refractivity contribution >= 4 is 34.1 Å². The molecule has 2 aromatic carbocycles. The molecular weight excluding hydrogens is 540 g/mol. The van der Waals surface area contributed by atoms with Gasteiger partial charge in [0.2, 0.25) is 5.06 Å². The molecule has 0 radical (unpaired) electrons. The molecule has 1 saturated heterocycles. The highest BCUT2D eigenvalue weighted by Crippen LogP contribution is 2.37. The molecule has 0 atom stereocenters. The lowest BCUT2D eigenvalue weighted by Gasteiger charge is -2.13. The van der Waals surface area contributed by atoms with Crippen molar-refractivity contribution in [3.63, 3.8) is 0 Å². The first kappa shape index (κ1) is 28.2. The Labute approximate surface area is 243 Å². The van der Waals surface area contributed by atoms with Gasteiger partial charge in [-0.15, -0.1) is 0 Å². The Bertz CT molecular complexity index is 1490. The number of hydrogen-bond donors (Lipinski definition) is 3. The second-order valence-corrected chi connectivity index (χ2v) is 11.1. The molecule has 3 heterocycles. The summed E-state index contributed by atoms with van der Waals surface area (Å²) in [6.45, 7) is 7.07. The van der Waals surface area contributed by atoms with Crippen molar-refractivity contribution in [1.29, 1.82) is 0 Å². The smallest absolute Gasteiger partial charge is 0.319 e. The van der Waals surface area contributed by atoms with E-state index in [1.165, 1.54) is 56.1 Å². The summed E-state index contributed by atoms with van der Waals surface area (Å²) in [5, 5.41) is 9.25. The average molecular weight is 575 g/mol. The van der Waals surface area contributed by atoms with E-state index in [9.17, 15) is 9.59 Å². The number of anilines is 2. The largest absolute Gasteiger partial charge is 0.493 e. The minimum atomic E-state index is -0.306. The predicted octanol–water partition coefficient (Wildman–Crippen LogP) is 6.11. The first-order valence-electron chi connectivity index (χ1n) is 13.6. The second kappa shape index (κ2) is 12.9. The third-order valence-corrected chi connectivity index (χ3v) is 7.33. The first-order valence-corrected chi connectivity index (χ1v) is 14.4. The third-order valence-electron chi connectivity index (χ3n) is 6.54. The van der Waals surface area contributed by atoms with E-state index in [0.717, 1.165) is 12.2 Å². The van der Waals surface area contributed by atoms with Crippen molar-refractivity contribution < 1.29 is 19.1 Å². The van der Waals surface area contributed by atoms with Gasteiger partial charge in [0.25, 0.3) is 5.91 Å². The molecule has 5 rings (SSSR count). The molecule has 0 spiro atoms. The molecule has 3 amide bonds. The number of carbonyl (C=O) groups excluding carboxylic acids is 2. The normalized spacial score (nSPS) is 13.3. The van der Waals surface area contributed by atoms with Crippen molar-refractivity contribution in [2.45, 2.75) is 39.3 Å². The number of rotatable bonds is 10. The summed E-state index contributed by atoms with van der Waals surface area (Å²) < 4.78 is 13.5. The van der Waals surface area contributed by atoms with E-state index in [4.69, 9.17) is 9.47 Å². The quantitative estimate of drug-likeness (QED) is 0.211. The lowest BCUT2D eigenvalue weighted by atomic mass is 10.2. The molecule has 10 nitrogen and oxygen atoms in total. The molecule has 0 aliphatic carbocycles. The minimum absolute atomic E-state index is 0.0162. The van der Waals surface area contributed by atoms with Crippen LogP contribution in [0.15, 0.2) is 67.1 Å². The summed E-state index contributed by atoms with van der Waals surface area (Å²) in [6.07, 6.45) is 8.30. The fraction of sp³-hybridized carbons (Fsp3) is 0.300. The van der Waals surface area contributed by atoms with Crippen molar-refractivity contribution in [3.05, 3.63) is 78.2 Å². The molecule has 1 fully saturated rings. The Kier molecular flexibility index (Phi) is 8.85. The number of hydrogen-bond acceptors (Lipinski definition) is 7. The standard InChI is InChI=1S/C30H34N6O4S/c1-20(2)32-29(38)33-23-8-11-25(26(16-23)39-3)40-27-17-31-30(41-27)34-28(37)22-6-9-24(10-7-22)36-15-12-21(19-36)18-35-13-4-5-14-35/h6-12,15-17,19-20H,4-5,13-14,18H2,1-3H3,(H,31,34,37)(H2,32,33,38). The van der Waals surface area contributed by atoms with Crippen LogP contribution in [-0.2, 0) is 6.54 Å². The monoisotopic (exact) mass is 574 g/mol. The van der Waals surface area contributed by atoms with Crippen LogP contribution in [0.25, 0.3) is 5.69 Å². The van der Waals surface area contributed by atoms with Gasteiger partial charge in [0.1, 0.15) is 0 Å². The molecule has 2 aromatic heterocycles. The van der Waals surface area contributed by atoms with Gasteiger partial charge in [0.15, 0.2) is 16.6 Å².